The lowest BCUT2D eigenvalue weighted by Crippen LogP contribution is -2.73. The van der Waals surface area contributed by atoms with E-state index >= 15 is 0 Å². The van der Waals surface area contributed by atoms with Gasteiger partial charge in [-0.25, -0.2) is 0 Å². The zero-order valence-electron chi connectivity index (χ0n) is 8.90. The maximum absolute atomic E-state index is 5.80. The summed E-state index contributed by atoms with van der Waals surface area (Å²) in [6.45, 7) is 1.40. The molecule has 2 aliphatic heterocycles. The van der Waals surface area contributed by atoms with Gasteiger partial charge in [0.1, 0.15) is 5.60 Å². The summed E-state index contributed by atoms with van der Waals surface area (Å²) in [7, 11) is 1.78. The highest BCUT2D eigenvalue weighted by molar-refractivity contribution is 5.21. The molecule has 15 heavy (non-hydrogen) atoms. The van der Waals surface area contributed by atoms with Crippen molar-refractivity contribution in [2.75, 3.05) is 20.3 Å². The molecule has 0 aromatic carbocycles. The van der Waals surface area contributed by atoms with Crippen LogP contribution in [-0.2, 0) is 18.9 Å². The zero-order chi connectivity index (χ0) is 10.1. The van der Waals surface area contributed by atoms with Gasteiger partial charge in [-0.1, -0.05) is 0 Å². The van der Waals surface area contributed by atoms with E-state index in [-0.39, 0.29) is 5.60 Å². The van der Waals surface area contributed by atoms with E-state index in [1.54, 1.807) is 7.11 Å². The molecule has 2 aliphatic carbocycles. The Labute approximate surface area is 88.8 Å². The average Bonchev–Trinajstić information content (AvgIpc) is 2.84. The molecule has 0 bridgehead atoms. The van der Waals surface area contributed by atoms with Gasteiger partial charge in [0.15, 0.2) is 5.79 Å². The number of hydrogen-bond donors (Lipinski definition) is 0. The molecule has 1 spiro atoms. The Morgan fingerprint density at radius 2 is 2.07 bits per heavy atom. The van der Waals surface area contributed by atoms with Crippen molar-refractivity contribution in [3.63, 3.8) is 0 Å². The summed E-state index contributed by atoms with van der Waals surface area (Å²) < 4.78 is 23.0. The van der Waals surface area contributed by atoms with Crippen LogP contribution in [0.25, 0.3) is 0 Å². The van der Waals surface area contributed by atoms with Crippen LogP contribution in [0.1, 0.15) is 19.3 Å². The molecule has 0 unspecified atom stereocenters. The van der Waals surface area contributed by atoms with Crippen molar-refractivity contribution in [1.29, 1.82) is 0 Å². The highest BCUT2D eigenvalue weighted by Crippen LogP contribution is 2.64. The molecule has 0 N–H and O–H groups in total. The number of methoxy groups -OCH3 is 1. The third-order valence-corrected chi connectivity index (χ3v) is 4.67. The largest absolute Gasteiger partial charge is 0.372 e. The number of fused-ring (bicyclic) bond motifs is 4. The molecule has 4 aliphatic rings. The van der Waals surface area contributed by atoms with Crippen LogP contribution < -0.4 is 0 Å². The Morgan fingerprint density at radius 1 is 1.27 bits per heavy atom. The van der Waals surface area contributed by atoms with E-state index in [4.69, 9.17) is 18.9 Å². The molecule has 2 saturated carbocycles. The van der Waals surface area contributed by atoms with Gasteiger partial charge < -0.3 is 18.9 Å². The highest BCUT2D eigenvalue weighted by Gasteiger charge is 2.77. The molecule has 4 fully saturated rings. The highest BCUT2D eigenvalue weighted by atomic mass is 16.8. The molecule has 0 aromatic heterocycles. The summed E-state index contributed by atoms with van der Waals surface area (Å²) in [6, 6.07) is 0. The van der Waals surface area contributed by atoms with Crippen molar-refractivity contribution in [2.45, 2.75) is 42.9 Å². The van der Waals surface area contributed by atoms with Gasteiger partial charge in [0, 0.05) is 19.4 Å². The fourth-order valence-electron chi connectivity index (χ4n) is 3.86. The number of ether oxygens (including phenoxy) is 4. The lowest BCUT2D eigenvalue weighted by Gasteiger charge is -2.60. The van der Waals surface area contributed by atoms with E-state index < -0.39 is 5.79 Å². The van der Waals surface area contributed by atoms with Gasteiger partial charge in [-0.3, -0.25) is 0 Å². The predicted octanol–water partition coefficient (Wildman–Crippen LogP) is 0.696. The number of hydrogen-bond acceptors (Lipinski definition) is 4. The van der Waals surface area contributed by atoms with Crippen LogP contribution >= 0.6 is 0 Å². The molecule has 2 heterocycles. The SMILES string of the molecule is CO[C@]12CC[C@H]3O[C@H]3[C@H]1CC21OCCO1. The molecule has 0 aromatic rings. The summed E-state index contributed by atoms with van der Waals surface area (Å²) in [5.74, 6) is 0.0444. The maximum Gasteiger partial charge on any atom is 0.198 e. The molecule has 84 valence electrons. The van der Waals surface area contributed by atoms with Crippen LogP contribution in [0.5, 0.6) is 0 Å². The topological polar surface area (TPSA) is 40.2 Å². The maximum atomic E-state index is 5.80. The van der Waals surface area contributed by atoms with Crippen LogP contribution in [0.4, 0.5) is 0 Å². The fraction of sp³-hybridized carbons (Fsp3) is 1.00. The summed E-state index contributed by atoms with van der Waals surface area (Å²) in [5.41, 5.74) is -0.221. The second-order valence-electron chi connectivity index (χ2n) is 5.03. The van der Waals surface area contributed by atoms with E-state index in [1.165, 1.54) is 0 Å². The van der Waals surface area contributed by atoms with Crippen molar-refractivity contribution in [1.82, 2.24) is 0 Å². The number of rotatable bonds is 1. The first-order valence-electron chi connectivity index (χ1n) is 5.80. The van der Waals surface area contributed by atoms with Crippen LogP contribution in [-0.4, -0.2) is 43.9 Å². The van der Waals surface area contributed by atoms with E-state index in [1.807, 2.05) is 0 Å². The smallest absolute Gasteiger partial charge is 0.198 e. The Kier molecular flexibility index (Phi) is 1.53. The van der Waals surface area contributed by atoms with Crippen molar-refractivity contribution in [3.05, 3.63) is 0 Å². The van der Waals surface area contributed by atoms with Crippen LogP contribution in [0.2, 0.25) is 0 Å². The third kappa shape index (κ3) is 0.848. The Balaban J connectivity index is 1.69. The van der Waals surface area contributed by atoms with Crippen molar-refractivity contribution in [3.8, 4) is 0 Å². The first-order chi connectivity index (χ1) is 7.31. The second kappa shape index (κ2) is 2.56. The zero-order valence-corrected chi connectivity index (χ0v) is 8.90. The van der Waals surface area contributed by atoms with Crippen molar-refractivity contribution < 1.29 is 18.9 Å². The van der Waals surface area contributed by atoms with E-state index in [9.17, 15) is 0 Å². The summed E-state index contributed by atoms with van der Waals surface area (Å²) in [5, 5.41) is 0. The molecule has 2 saturated heterocycles. The Morgan fingerprint density at radius 3 is 2.80 bits per heavy atom. The van der Waals surface area contributed by atoms with Crippen LogP contribution in [0.3, 0.4) is 0 Å². The minimum Gasteiger partial charge on any atom is -0.372 e. The molecule has 4 nitrogen and oxygen atoms in total. The van der Waals surface area contributed by atoms with Crippen LogP contribution in [0.15, 0.2) is 0 Å². The summed E-state index contributed by atoms with van der Waals surface area (Å²) >= 11 is 0. The van der Waals surface area contributed by atoms with Crippen LogP contribution in [0, 0.1) is 5.92 Å². The van der Waals surface area contributed by atoms with Gasteiger partial charge in [0.05, 0.1) is 25.4 Å². The minimum atomic E-state index is -0.441. The fourth-order valence-corrected chi connectivity index (χ4v) is 3.86. The summed E-state index contributed by atoms with van der Waals surface area (Å²) in [6.07, 6.45) is 3.95. The Bertz CT molecular complexity index is 299. The average molecular weight is 212 g/mol. The van der Waals surface area contributed by atoms with Gasteiger partial charge in [-0.15, -0.1) is 0 Å². The van der Waals surface area contributed by atoms with Gasteiger partial charge >= 0.3 is 0 Å². The lowest BCUT2D eigenvalue weighted by atomic mass is 9.57. The van der Waals surface area contributed by atoms with E-state index in [0.29, 0.717) is 31.3 Å². The van der Waals surface area contributed by atoms with Gasteiger partial charge in [-0.05, 0) is 12.8 Å². The predicted molar refractivity (Wildman–Crippen MR) is 50.4 cm³/mol. The normalized spacial score (nSPS) is 54.6. The van der Waals surface area contributed by atoms with Gasteiger partial charge in [0.25, 0.3) is 0 Å². The molecule has 4 heteroatoms. The monoisotopic (exact) mass is 212 g/mol. The molecule has 0 amide bonds. The van der Waals surface area contributed by atoms with E-state index in [2.05, 4.69) is 0 Å². The quantitative estimate of drug-likeness (QED) is 0.600. The molecular formula is C11H16O4. The van der Waals surface area contributed by atoms with E-state index in [0.717, 1.165) is 19.3 Å². The lowest BCUT2D eigenvalue weighted by molar-refractivity contribution is -0.369. The Hall–Kier alpha value is -0.160. The second-order valence-corrected chi connectivity index (χ2v) is 5.03. The van der Waals surface area contributed by atoms with Crippen molar-refractivity contribution >= 4 is 0 Å². The van der Waals surface area contributed by atoms with Crippen molar-refractivity contribution in [2.24, 2.45) is 5.92 Å². The molecular weight excluding hydrogens is 196 g/mol. The first-order valence-corrected chi connectivity index (χ1v) is 5.80. The molecule has 4 rings (SSSR count). The van der Waals surface area contributed by atoms with Gasteiger partial charge in [0.2, 0.25) is 0 Å². The first kappa shape index (κ1) is 8.93. The minimum absolute atomic E-state index is 0.221. The standard InChI is InChI=1S/C11H16O4/c1-12-10-3-2-8-9(15-8)7(10)6-11(10)13-4-5-14-11/h7-9H,2-6H2,1H3/t7-,8-,9+,10-/m1/s1. The summed E-state index contributed by atoms with van der Waals surface area (Å²) in [4.78, 5) is 0. The number of epoxide rings is 1. The molecule has 0 radical (unpaired) electrons. The van der Waals surface area contributed by atoms with Gasteiger partial charge in [-0.2, -0.15) is 0 Å². The third-order valence-electron chi connectivity index (χ3n) is 4.67. The molecule has 4 atom stereocenters.